The van der Waals surface area contributed by atoms with E-state index >= 15 is 0 Å². The third kappa shape index (κ3) is 7.81. The molecule has 1 N–H and O–H groups in total. The van der Waals surface area contributed by atoms with E-state index in [1.54, 1.807) is 41.5 Å². The topological polar surface area (TPSA) is 102 Å². The molecule has 23 heavy (non-hydrogen) atoms. The molecular weight excluding hydrogens is 325 g/mol. The van der Waals surface area contributed by atoms with Crippen molar-refractivity contribution in [2.75, 3.05) is 12.9 Å². The maximum Gasteiger partial charge on any atom is 0.411 e. The molecular formula is C14H28NO7P. The van der Waals surface area contributed by atoms with Gasteiger partial charge in [-0.05, 0) is 41.0 Å². The zero-order chi connectivity index (χ0) is 18.2. The summed E-state index contributed by atoms with van der Waals surface area (Å²) >= 11 is 0. The molecule has 1 atom stereocenters. The van der Waals surface area contributed by atoms with Gasteiger partial charge in [-0.25, -0.2) is 9.59 Å². The minimum absolute atomic E-state index is 0.0752. The molecule has 0 saturated carbocycles. The average Bonchev–Trinajstić information content (AvgIpc) is 2.35. The number of carboxylic acids is 1. The van der Waals surface area contributed by atoms with E-state index < -0.39 is 44.2 Å². The van der Waals surface area contributed by atoms with Crippen molar-refractivity contribution in [2.45, 2.75) is 66.2 Å². The van der Waals surface area contributed by atoms with Crippen molar-refractivity contribution in [2.24, 2.45) is 0 Å². The van der Waals surface area contributed by atoms with Crippen molar-refractivity contribution < 1.29 is 33.0 Å². The van der Waals surface area contributed by atoms with Gasteiger partial charge in [0.2, 0.25) is 0 Å². The van der Waals surface area contributed by atoms with Gasteiger partial charge in [0.05, 0.1) is 18.8 Å². The summed E-state index contributed by atoms with van der Waals surface area (Å²) in [6, 6.07) is -1.17. The molecule has 1 amide bonds. The lowest BCUT2D eigenvalue weighted by molar-refractivity contribution is -0.142. The van der Waals surface area contributed by atoms with E-state index in [0.717, 1.165) is 4.90 Å². The van der Waals surface area contributed by atoms with Gasteiger partial charge in [0.1, 0.15) is 12.3 Å². The SMILES string of the molecule is CCOC(=O)N(CP(=O)(OC(C)C)OC(C)C)C(CC)C(=O)O. The Bertz CT molecular complexity index is 425. The summed E-state index contributed by atoms with van der Waals surface area (Å²) in [5.74, 6) is -1.21. The molecule has 0 aromatic carbocycles. The number of nitrogens with zero attached hydrogens (tertiary/aromatic N) is 1. The van der Waals surface area contributed by atoms with Gasteiger partial charge in [-0.2, -0.15) is 0 Å². The molecule has 9 heteroatoms. The van der Waals surface area contributed by atoms with Crippen LogP contribution < -0.4 is 0 Å². The number of rotatable bonds is 10. The molecule has 0 spiro atoms. The summed E-state index contributed by atoms with van der Waals surface area (Å²) in [5, 5.41) is 9.30. The molecule has 0 aliphatic heterocycles. The Morgan fingerprint density at radius 3 is 1.87 bits per heavy atom. The van der Waals surface area contributed by atoms with E-state index in [1.807, 2.05) is 0 Å². The van der Waals surface area contributed by atoms with Gasteiger partial charge in [-0.1, -0.05) is 6.92 Å². The summed E-state index contributed by atoms with van der Waals surface area (Å²) in [7, 11) is -3.71. The second-order valence-corrected chi connectivity index (χ2v) is 7.42. The van der Waals surface area contributed by atoms with Crippen molar-refractivity contribution >= 4 is 19.7 Å². The fraction of sp³-hybridized carbons (Fsp3) is 0.857. The van der Waals surface area contributed by atoms with Crippen LogP contribution in [-0.2, 0) is 23.1 Å². The minimum Gasteiger partial charge on any atom is -0.480 e. The van der Waals surface area contributed by atoms with Gasteiger partial charge in [0, 0.05) is 0 Å². The van der Waals surface area contributed by atoms with Crippen molar-refractivity contribution in [3.63, 3.8) is 0 Å². The van der Waals surface area contributed by atoms with Crippen LogP contribution in [0.15, 0.2) is 0 Å². The molecule has 0 aliphatic rings. The van der Waals surface area contributed by atoms with E-state index in [0.29, 0.717) is 0 Å². The first-order chi connectivity index (χ1) is 10.6. The van der Waals surface area contributed by atoms with Crippen LogP contribution in [0, 0.1) is 0 Å². The second kappa shape index (κ2) is 9.90. The normalized spacial score (nSPS) is 13.2. The highest BCUT2D eigenvalue weighted by Crippen LogP contribution is 2.51. The number of amides is 1. The van der Waals surface area contributed by atoms with Crippen LogP contribution in [0.4, 0.5) is 4.79 Å². The monoisotopic (exact) mass is 353 g/mol. The van der Waals surface area contributed by atoms with Crippen molar-refractivity contribution in [3.05, 3.63) is 0 Å². The third-order valence-electron chi connectivity index (χ3n) is 2.62. The summed E-state index contributed by atoms with van der Waals surface area (Å²) in [6.07, 6.45) is -2.02. The van der Waals surface area contributed by atoms with Crippen LogP contribution in [0.1, 0.15) is 48.0 Å². The minimum atomic E-state index is -3.71. The highest BCUT2D eigenvalue weighted by Gasteiger charge is 2.38. The first-order valence-corrected chi connectivity index (χ1v) is 9.41. The molecule has 0 heterocycles. The quantitative estimate of drug-likeness (QED) is 0.601. The van der Waals surface area contributed by atoms with Gasteiger partial charge < -0.3 is 18.9 Å². The van der Waals surface area contributed by atoms with E-state index in [4.69, 9.17) is 13.8 Å². The van der Waals surface area contributed by atoms with Crippen molar-refractivity contribution in [1.82, 2.24) is 4.90 Å². The number of carbonyl (C=O) groups is 2. The van der Waals surface area contributed by atoms with E-state index in [1.165, 1.54) is 0 Å². The zero-order valence-electron chi connectivity index (χ0n) is 14.6. The Morgan fingerprint density at radius 1 is 1.09 bits per heavy atom. The zero-order valence-corrected chi connectivity index (χ0v) is 15.5. The van der Waals surface area contributed by atoms with E-state index in [2.05, 4.69) is 0 Å². The maximum atomic E-state index is 12.9. The average molecular weight is 353 g/mol. The van der Waals surface area contributed by atoms with Gasteiger partial charge in [0.15, 0.2) is 0 Å². The fourth-order valence-corrected chi connectivity index (χ4v) is 4.09. The summed E-state index contributed by atoms with van der Waals surface area (Å²) in [6.45, 7) is 10.0. The smallest absolute Gasteiger partial charge is 0.411 e. The molecule has 1 unspecified atom stereocenters. The molecule has 0 radical (unpaired) electrons. The Kier molecular flexibility index (Phi) is 9.42. The van der Waals surface area contributed by atoms with Crippen LogP contribution >= 0.6 is 7.60 Å². The summed E-state index contributed by atoms with van der Waals surface area (Å²) < 4.78 is 28.5. The van der Waals surface area contributed by atoms with Crippen molar-refractivity contribution in [3.8, 4) is 0 Å². The van der Waals surface area contributed by atoms with Gasteiger partial charge in [-0.3, -0.25) is 9.46 Å². The lowest BCUT2D eigenvalue weighted by Gasteiger charge is -2.31. The predicted octanol–water partition coefficient (Wildman–Crippen LogP) is 3.31. The molecule has 8 nitrogen and oxygen atoms in total. The van der Waals surface area contributed by atoms with Crippen LogP contribution in [0.5, 0.6) is 0 Å². The first kappa shape index (κ1) is 21.9. The molecule has 0 saturated heterocycles. The highest BCUT2D eigenvalue weighted by atomic mass is 31.2. The fourth-order valence-electron chi connectivity index (χ4n) is 1.94. The number of carboxylic acid groups (broad SMARTS) is 1. The van der Waals surface area contributed by atoms with Crippen LogP contribution in [0.25, 0.3) is 0 Å². The van der Waals surface area contributed by atoms with E-state index in [9.17, 15) is 19.3 Å². The van der Waals surface area contributed by atoms with Gasteiger partial charge >= 0.3 is 19.7 Å². The number of hydrogen-bond acceptors (Lipinski definition) is 6. The highest BCUT2D eigenvalue weighted by molar-refractivity contribution is 7.53. The van der Waals surface area contributed by atoms with Crippen LogP contribution in [0.3, 0.4) is 0 Å². The Balaban J connectivity index is 5.54. The number of aliphatic carboxylic acids is 1. The molecule has 0 aromatic rings. The number of carbonyl (C=O) groups excluding carboxylic acids is 1. The Morgan fingerprint density at radius 2 is 1.57 bits per heavy atom. The summed E-state index contributed by atoms with van der Waals surface area (Å²) in [4.78, 5) is 24.4. The Hall–Kier alpha value is -1.11. The molecule has 136 valence electrons. The number of hydrogen-bond donors (Lipinski definition) is 1. The molecule has 0 fully saturated rings. The van der Waals surface area contributed by atoms with Gasteiger partial charge in [0.25, 0.3) is 0 Å². The maximum absolute atomic E-state index is 12.9. The largest absolute Gasteiger partial charge is 0.480 e. The van der Waals surface area contributed by atoms with Crippen LogP contribution in [-0.4, -0.2) is 53.2 Å². The van der Waals surface area contributed by atoms with Crippen molar-refractivity contribution in [1.29, 1.82) is 0 Å². The molecule has 0 aromatic heterocycles. The predicted molar refractivity (Wildman–Crippen MR) is 85.5 cm³/mol. The van der Waals surface area contributed by atoms with E-state index in [-0.39, 0.29) is 13.0 Å². The summed E-state index contributed by atoms with van der Waals surface area (Å²) in [5.41, 5.74) is 0. The molecule has 0 bridgehead atoms. The molecule has 0 aliphatic carbocycles. The lowest BCUT2D eigenvalue weighted by Crippen LogP contribution is -2.46. The third-order valence-corrected chi connectivity index (χ3v) is 4.76. The first-order valence-electron chi connectivity index (χ1n) is 7.68. The lowest BCUT2D eigenvalue weighted by atomic mass is 10.2. The number of ether oxygens (including phenoxy) is 1. The standard InChI is InChI=1S/C14H28NO7P/c1-7-12(13(16)17)15(14(18)20-8-2)9-23(19,21-10(3)4)22-11(5)6/h10-12H,7-9H2,1-6H3,(H,16,17). The van der Waals surface area contributed by atoms with Crippen LogP contribution in [0.2, 0.25) is 0 Å². The molecule has 0 rings (SSSR count). The Labute approximate surface area is 137 Å². The second-order valence-electron chi connectivity index (χ2n) is 5.49. The van der Waals surface area contributed by atoms with Gasteiger partial charge in [-0.15, -0.1) is 0 Å².